The van der Waals surface area contributed by atoms with Gasteiger partial charge in [0.2, 0.25) is 11.8 Å². The fraction of sp³-hybridized carbons (Fsp3) is 0.391. The van der Waals surface area contributed by atoms with Gasteiger partial charge in [-0.05, 0) is 42.7 Å². The van der Waals surface area contributed by atoms with Crippen molar-refractivity contribution < 1.29 is 19.1 Å². The van der Waals surface area contributed by atoms with Crippen molar-refractivity contribution >= 4 is 17.5 Å². The lowest BCUT2D eigenvalue weighted by Crippen LogP contribution is -2.39. The minimum absolute atomic E-state index is 0.0426. The summed E-state index contributed by atoms with van der Waals surface area (Å²) in [5.74, 6) is 1.23. The van der Waals surface area contributed by atoms with Gasteiger partial charge in [0.15, 0.2) is 11.5 Å². The summed E-state index contributed by atoms with van der Waals surface area (Å²) in [6, 6.07) is 13.7. The number of carbonyl (C=O) groups is 2. The lowest BCUT2D eigenvalue weighted by molar-refractivity contribution is -0.130. The molecule has 6 heteroatoms. The second-order valence-electron chi connectivity index (χ2n) is 7.33. The molecular formula is C23H28N2O4. The molecule has 1 heterocycles. The maximum atomic E-state index is 12.9. The Hall–Kier alpha value is -3.02. The van der Waals surface area contributed by atoms with Crippen molar-refractivity contribution in [1.82, 2.24) is 4.90 Å². The van der Waals surface area contributed by atoms with Crippen LogP contribution in [0.25, 0.3) is 0 Å². The summed E-state index contributed by atoms with van der Waals surface area (Å²) >= 11 is 0. The fourth-order valence-corrected chi connectivity index (χ4v) is 3.84. The highest BCUT2D eigenvalue weighted by atomic mass is 16.5. The standard InChI is InChI=1S/C23H28N2O4/c1-16-13-19-7-5-6-8-20(19)25(16)23(27)11-12-24(17(2)26)15-18-9-10-21(28-3)22(14-18)29-4/h5-10,14,16H,11-13,15H2,1-4H3. The highest BCUT2D eigenvalue weighted by Crippen LogP contribution is 2.32. The van der Waals surface area contributed by atoms with E-state index in [1.807, 2.05) is 41.3 Å². The van der Waals surface area contributed by atoms with E-state index in [0.717, 1.165) is 17.7 Å². The van der Waals surface area contributed by atoms with Crippen LogP contribution in [0.2, 0.25) is 0 Å². The fourth-order valence-electron chi connectivity index (χ4n) is 3.84. The van der Waals surface area contributed by atoms with E-state index in [2.05, 4.69) is 13.0 Å². The molecule has 1 atom stereocenters. The van der Waals surface area contributed by atoms with E-state index in [4.69, 9.17) is 9.47 Å². The largest absolute Gasteiger partial charge is 0.493 e. The maximum absolute atomic E-state index is 12.9. The summed E-state index contributed by atoms with van der Waals surface area (Å²) in [6.07, 6.45) is 1.15. The Labute approximate surface area is 172 Å². The number of methoxy groups -OCH3 is 2. The lowest BCUT2D eigenvalue weighted by atomic mass is 10.1. The van der Waals surface area contributed by atoms with Crippen molar-refractivity contribution in [3.63, 3.8) is 0 Å². The predicted molar refractivity (Wildman–Crippen MR) is 112 cm³/mol. The number of fused-ring (bicyclic) bond motifs is 1. The molecule has 1 aliphatic rings. The Kier molecular flexibility index (Phi) is 6.42. The molecule has 0 spiro atoms. The molecule has 0 fully saturated rings. The number of amides is 2. The molecule has 3 rings (SSSR count). The number of benzene rings is 2. The Bertz CT molecular complexity index is 896. The van der Waals surface area contributed by atoms with Crippen LogP contribution in [0.5, 0.6) is 11.5 Å². The molecule has 1 aliphatic heterocycles. The number of carbonyl (C=O) groups excluding carboxylic acids is 2. The summed E-state index contributed by atoms with van der Waals surface area (Å²) in [6.45, 7) is 4.37. The Morgan fingerprint density at radius 1 is 1.10 bits per heavy atom. The van der Waals surface area contributed by atoms with E-state index >= 15 is 0 Å². The second-order valence-corrected chi connectivity index (χ2v) is 7.33. The first-order chi connectivity index (χ1) is 13.9. The van der Waals surface area contributed by atoms with Crippen molar-refractivity contribution in [2.45, 2.75) is 39.3 Å². The minimum Gasteiger partial charge on any atom is -0.493 e. The molecule has 154 valence electrons. The van der Waals surface area contributed by atoms with Crippen molar-refractivity contribution in [1.29, 1.82) is 0 Å². The van der Waals surface area contributed by atoms with Crippen LogP contribution in [-0.4, -0.2) is 43.5 Å². The zero-order chi connectivity index (χ0) is 21.0. The third kappa shape index (κ3) is 4.53. The van der Waals surface area contributed by atoms with Gasteiger partial charge < -0.3 is 19.3 Å². The number of para-hydroxylation sites is 1. The van der Waals surface area contributed by atoms with Crippen LogP contribution in [0.15, 0.2) is 42.5 Å². The van der Waals surface area contributed by atoms with Crippen LogP contribution in [0, 0.1) is 0 Å². The van der Waals surface area contributed by atoms with Crippen LogP contribution in [0.3, 0.4) is 0 Å². The van der Waals surface area contributed by atoms with Crippen molar-refractivity contribution in [2.24, 2.45) is 0 Å². The molecule has 0 saturated heterocycles. The zero-order valence-corrected chi connectivity index (χ0v) is 17.5. The number of ether oxygens (including phenoxy) is 2. The van der Waals surface area contributed by atoms with E-state index in [1.165, 1.54) is 12.5 Å². The smallest absolute Gasteiger partial charge is 0.229 e. The molecule has 0 N–H and O–H groups in total. The molecule has 0 aromatic heterocycles. The van der Waals surface area contributed by atoms with Gasteiger partial charge in [-0.2, -0.15) is 0 Å². The third-order valence-electron chi connectivity index (χ3n) is 5.34. The van der Waals surface area contributed by atoms with Gasteiger partial charge in [-0.1, -0.05) is 24.3 Å². The van der Waals surface area contributed by atoms with Crippen LogP contribution >= 0.6 is 0 Å². The quantitative estimate of drug-likeness (QED) is 0.720. The highest BCUT2D eigenvalue weighted by molar-refractivity contribution is 5.96. The molecule has 0 aliphatic carbocycles. The molecule has 29 heavy (non-hydrogen) atoms. The topological polar surface area (TPSA) is 59.1 Å². The third-order valence-corrected chi connectivity index (χ3v) is 5.34. The van der Waals surface area contributed by atoms with Gasteiger partial charge in [0.25, 0.3) is 0 Å². The van der Waals surface area contributed by atoms with Gasteiger partial charge in [-0.15, -0.1) is 0 Å². The number of anilines is 1. The molecule has 0 saturated carbocycles. The van der Waals surface area contributed by atoms with E-state index in [1.54, 1.807) is 19.1 Å². The second kappa shape index (κ2) is 8.99. The van der Waals surface area contributed by atoms with E-state index in [9.17, 15) is 9.59 Å². The van der Waals surface area contributed by atoms with Crippen LogP contribution < -0.4 is 14.4 Å². The summed E-state index contributed by atoms with van der Waals surface area (Å²) in [5, 5.41) is 0. The van der Waals surface area contributed by atoms with Gasteiger partial charge in [0.1, 0.15) is 0 Å². The lowest BCUT2D eigenvalue weighted by Gasteiger charge is -2.26. The molecule has 0 bridgehead atoms. The first kappa shape index (κ1) is 20.7. The highest BCUT2D eigenvalue weighted by Gasteiger charge is 2.30. The number of hydrogen-bond donors (Lipinski definition) is 0. The van der Waals surface area contributed by atoms with Crippen molar-refractivity contribution in [3.05, 3.63) is 53.6 Å². The monoisotopic (exact) mass is 396 g/mol. The van der Waals surface area contributed by atoms with E-state index < -0.39 is 0 Å². The average molecular weight is 396 g/mol. The Morgan fingerprint density at radius 2 is 1.83 bits per heavy atom. The maximum Gasteiger partial charge on any atom is 0.229 e. The van der Waals surface area contributed by atoms with E-state index in [-0.39, 0.29) is 24.3 Å². The van der Waals surface area contributed by atoms with Gasteiger partial charge in [0, 0.05) is 38.2 Å². The molecule has 6 nitrogen and oxygen atoms in total. The molecular weight excluding hydrogens is 368 g/mol. The number of rotatable bonds is 7. The molecule has 0 radical (unpaired) electrons. The van der Waals surface area contributed by atoms with Gasteiger partial charge in [-0.25, -0.2) is 0 Å². The predicted octanol–water partition coefficient (Wildman–Crippen LogP) is 3.42. The molecule has 2 aromatic carbocycles. The van der Waals surface area contributed by atoms with Gasteiger partial charge in [-0.3, -0.25) is 9.59 Å². The Balaban J connectivity index is 1.67. The van der Waals surface area contributed by atoms with Crippen LogP contribution in [-0.2, 0) is 22.6 Å². The minimum atomic E-state index is -0.0672. The first-order valence-electron chi connectivity index (χ1n) is 9.81. The first-order valence-corrected chi connectivity index (χ1v) is 9.81. The average Bonchev–Trinajstić information content (AvgIpc) is 3.06. The summed E-state index contributed by atoms with van der Waals surface area (Å²) in [7, 11) is 3.17. The van der Waals surface area contributed by atoms with E-state index in [0.29, 0.717) is 24.6 Å². The summed E-state index contributed by atoms with van der Waals surface area (Å²) < 4.78 is 10.6. The van der Waals surface area contributed by atoms with Crippen LogP contribution in [0.4, 0.5) is 5.69 Å². The van der Waals surface area contributed by atoms with Crippen molar-refractivity contribution in [3.8, 4) is 11.5 Å². The molecule has 2 amide bonds. The number of nitrogens with zero attached hydrogens (tertiary/aromatic N) is 2. The SMILES string of the molecule is COc1ccc(CN(CCC(=O)N2c3ccccc3CC2C)C(C)=O)cc1OC. The zero-order valence-electron chi connectivity index (χ0n) is 17.5. The van der Waals surface area contributed by atoms with Crippen LogP contribution in [0.1, 0.15) is 31.4 Å². The normalized spacial score (nSPS) is 15.0. The van der Waals surface area contributed by atoms with Gasteiger partial charge in [0.05, 0.1) is 14.2 Å². The molecule has 1 unspecified atom stereocenters. The molecule has 2 aromatic rings. The summed E-state index contributed by atoms with van der Waals surface area (Å²) in [5.41, 5.74) is 3.10. The summed E-state index contributed by atoms with van der Waals surface area (Å²) in [4.78, 5) is 28.7. The number of hydrogen-bond acceptors (Lipinski definition) is 4. The van der Waals surface area contributed by atoms with Crippen molar-refractivity contribution in [2.75, 3.05) is 25.7 Å². The Morgan fingerprint density at radius 3 is 2.52 bits per heavy atom. The van der Waals surface area contributed by atoms with Gasteiger partial charge >= 0.3 is 0 Å².